The van der Waals surface area contributed by atoms with Crippen molar-refractivity contribution in [3.8, 4) is 0 Å². The number of benzene rings is 2. The summed E-state index contributed by atoms with van der Waals surface area (Å²) in [5.41, 5.74) is 4.87. The van der Waals surface area contributed by atoms with Crippen LogP contribution in [0.2, 0.25) is 0 Å². The predicted molar refractivity (Wildman–Crippen MR) is 132 cm³/mol. The zero-order valence-corrected chi connectivity index (χ0v) is 19.7. The number of rotatable bonds is 5. The van der Waals surface area contributed by atoms with Gasteiger partial charge in [0.1, 0.15) is 16.4 Å². The zero-order valence-electron chi connectivity index (χ0n) is 18.9. The number of aryl methyl sites for hydroxylation is 1. The molecule has 0 spiro atoms. The van der Waals surface area contributed by atoms with E-state index in [0.29, 0.717) is 30.2 Å². The number of aromatic nitrogens is 2. The molecule has 0 saturated heterocycles. The summed E-state index contributed by atoms with van der Waals surface area (Å²) in [5, 5.41) is 8.65. The largest absolute Gasteiger partial charge is 0.377 e. The fourth-order valence-electron chi connectivity index (χ4n) is 4.48. The van der Waals surface area contributed by atoms with Crippen molar-refractivity contribution in [3.63, 3.8) is 0 Å². The average Bonchev–Trinajstić information content (AvgIpc) is 3.23. The topological polar surface area (TPSA) is 110 Å². The van der Waals surface area contributed by atoms with E-state index in [1.54, 1.807) is 34.9 Å². The third kappa shape index (κ3) is 4.04. The molecule has 34 heavy (non-hydrogen) atoms. The van der Waals surface area contributed by atoms with Crippen LogP contribution < -0.4 is 20.9 Å². The number of nitrogens with one attached hydrogen (secondary N) is 1. The van der Waals surface area contributed by atoms with E-state index in [2.05, 4.69) is 22.3 Å². The number of nitrogens with zero attached hydrogens (tertiary/aromatic N) is 3. The number of sulfonamides is 1. The number of primary sulfonamides is 1. The molecule has 0 fully saturated rings. The molecule has 0 amide bonds. The summed E-state index contributed by atoms with van der Waals surface area (Å²) in [4.78, 5) is 20.1. The van der Waals surface area contributed by atoms with Crippen LogP contribution in [0.1, 0.15) is 35.2 Å². The molecule has 8 nitrogen and oxygen atoms in total. The summed E-state index contributed by atoms with van der Waals surface area (Å²) in [6.07, 6.45) is 1.77. The van der Waals surface area contributed by atoms with Crippen molar-refractivity contribution in [2.75, 3.05) is 10.2 Å². The lowest BCUT2D eigenvalue weighted by Gasteiger charge is -2.21. The number of nitrogens with two attached hydrogens (primary N) is 1. The van der Waals surface area contributed by atoms with Gasteiger partial charge in [-0.15, -0.1) is 0 Å². The molecule has 0 radical (unpaired) electrons. The second-order valence-corrected chi connectivity index (χ2v) is 10.2. The van der Waals surface area contributed by atoms with Crippen LogP contribution in [0.15, 0.2) is 76.6 Å². The van der Waals surface area contributed by atoms with Crippen LogP contribution in [-0.4, -0.2) is 17.8 Å². The lowest BCUT2D eigenvalue weighted by molar-refractivity contribution is 0.598. The summed E-state index contributed by atoms with van der Waals surface area (Å²) in [5.74, 6) is 0.614. The van der Waals surface area contributed by atoms with Crippen LogP contribution in [-0.2, 0) is 23.1 Å². The van der Waals surface area contributed by atoms with Crippen molar-refractivity contribution in [2.24, 2.45) is 5.14 Å². The van der Waals surface area contributed by atoms with Crippen molar-refractivity contribution in [1.82, 2.24) is 9.38 Å². The van der Waals surface area contributed by atoms with E-state index < -0.39 is 10.0 Å². The summed E-state index contributed by atoms with van der Waals surface area (Å²) in [6, 6.07) is 17.9. The van der Waals surface area contributed by atoms with Gasteiger partial charge in [-0.3, -0.25) is 9.20 Å². The number of fused-ring (bicyclic) bond motifs is 2. The SMILES string of the molecule is Cc1cc(C(C)Nc2ccccc2S(N)(=O)=O)c2nc(N3Cc4ccccc4C3)cc(=O)n2c1. The molecule has 1 aliphatic heterocycles. The van der Waals surface area contributed by atoms with E-state index in [4.69, 9.17) is 10.1 Å². The fraction of sp³-hybridized carbons (Fsp3) is 0.200. The van der Waals surface area contributed by atoms with E-state index in [0.717, 1.165) is 11.1 Å². The lowest BCUT2D eigenvalue weighted by Crippen LogP contribution is -2.24. The third-order valence-electron chi connectivity index (χ3n) is 6.11. The van der Waals surface area contributed by atoms with Crippen molar-refractivity contribution in [1.29, 1.82) is 0 Å². The van der Waals surface area contributed by atoms with Gasteiger partial charge < -0.3 is 10.2 Å². The molecule has 0 bridgehead atoms. The first-order valence-corrected chi connectivity index (χ1v) is 12.5. The minimum absolute atomic E-state index is 0.0134. The maximum atomic E-state index is 13.1. The second-order valence-electron chi connectivity index (χ2n) is 8.65. The van der Waals surface area contributed by atoms with E-state index in [-0.39, 0.29) is 16.5 Å². The summed E-state index contributed by atoms with van der Waals surface area (Å²) >= 11 is 0. The zero-order chi connectivity index (χ0) is 24.0. The van der Waals surface area contributed by atoms with Gasteiger partial charge in [0.2, 0.25) is 10.0 Å². The van der Waals surface area contributed by atoms with Gasteiger partial charge in [-0.05, 0) is 48.7 Å². The van der Waals surface area contributed by atoms with E-state index >= 15 is 0 Å². The Kier molecular flexibility index (Phi) is 5.38. The van der Waals surface area contributed by atoms with Crippen molar-refractivity contribution in [2.45, 2.75) is 37.9 Å². The van der Waals surface area contributed by atoms with Crippen LogP contribution in [0.5, 0.6) is 0 Å². The van der Waals surface area contributed by atoms with Gasteiger partial charge in [0, 0.05) is 30.9 Å². The van der Waals surface area contributed by atoms with Crippen molar-refractivity contribution < 1.29 is 8.42 Å². The highest BCUT2D eigenvalue weighted by molar-refractivity contribution is 7.89. The number of hydrogen-bond donors (Lipinski definition) is 2. The maximum Gasteiger partial charge on any atom is 0.259 e. The van der Waals surface area contributed by atoms with Gasteiger partial charge in [-0.1, -0.05) is 36.4 Å². The van der Waals surface area contributed by atoms with Crippen LogP contribution in [0, 0.1) is 6.92 Å². The van der Waals surface area contributed by atoms with Gasteiger partial charge >= 0.3 is 0 Å². The van der Waals surface area contributed by atoms with Gasteiger partial charge in [0.15, 0.2) is 0 Å². The van der Waals surface area contributed by atoms with E-state index in [9.17, 15) is 13.2 Å². The normalized spacial score (nSPS) is 14.3. The van der Waals surface area contributed by atoms with Gasteiger partial charge in [-0.2, -0.15) is 0 Å². The summed E-state index contributed by atoms with van der Waals surface area (Å²) < 4.78 is 25.6. The fourth-order valence-corrected chi connectivity index (χ4v) is 5.18. The third-order valence-corrected chi connectivity index (χ3v) is 7.08. The molecule has 1 unspecified atom stereocenters. The smallest absolute Gasteiger partial charge is 0.259 e. The molecule has 0 saturated carbocycles. The Balaban J connectivity index is 1.57. The molecule has 2 aromatic carbocycles. The Labute approximate surface area is 197 Å². The predicted octanol–water partition coefficient (Wildman–Crippen LogP) is 3.34. The highest BCUT2D eigenvalue weighted by atomic mass is 32.2. The first-order valence-electron chi connectivity index (χ1n) is 10.9. The first kappa shape index (κ1) is 22.1. The monoisotopic (exact) mass is 475 g/mol. The second kappa shape index (κ2) is 8.27. The molecule has 0 aliphatic carbocycles. The Hall–Kier alpha value is -3.69. The highest BCUT2D eigenvalue weighted by Crippen LogP contribution is 2.30. The Morgan fingerprint density at radius 1 is 1.03 bits per heavy atom. The van der Waals surface area contributed by atoms with E-state index in [1.807, 2.05) is 32.0 Å². The molecule has 1 aliphatic rings. The van der Waals surface area contributed by atoms with Crippen LogP contribution in [0.25, 0.3) is 5.65 Å². The van der Waals surface area contributed by atoms with Crippen LogP contribution in [0.3, 0.4) is 0 Å². The summed E-state index contributed by atoms with van der Waals surface area (Å²) in [6.45, 7) is 5.19. The first-order chi connectivity index (χ1) is 16.2. The highest BCUT2D eigenvalue weighted by Gasteiger charge is 2.22. The van der Waals surface area contributed by atoms with Crippen LogP contribution in [0.4, 0.5) is 11.5 Å². The van der Waals surface area contributed by atoms with Gasteiger partial charge in [-0.25, -0.2) is 18.5 Å². The van der Waals surface area contributed by atoms with Crippen molar-refractivity contribution >= 4 is 27.2 Å². The minimum atomic E-state index is -3.90. The molecule has 1 atom stereocenters. The molecule has 9 heteroatoms. The molecule has 3 N–H and O–H groups in total. The van der Waals surface area contributed by atoms with Gasteiger partial charge in [0.25, 0.3) is 5.56 Å². The van der Waals surface area contributed by atoms with Gasteiger partial charge in [0.05, 0.1) is 11.7 Å². The molecule has 5 rings (SSSR count). The molecule has 3 heterocycles. The average molecular weight is 476 g/mol. The van der Waals surface area contributed by atoms with Crippen LogP contribution >= 0.6 is 0 Å². The molecule has 4 aromatic rings. The molecular formula is C25H25N5O3S. The quantitative estimate of drug-likeness (QED) is 0.458. The molecular weight excluding hydrogens is 450 g/mol. The Morgan fingerprint density at radius 3 is 2.35 bits per heavy atom. The lowest BCUT2D eigenvalue weighted by atomic mass is 10.1. The standard InChI is InChI=1S/C25H25N5O3S/c1-16-11-20(17(2)27-21-9-5-6-10-22(21)34(26,32)33)25-28-23(12-24(31)30(25)13-16)29-14-18-7-3-4-8-19(18)15-29/h3-13,17,27H,14-15H2,1-2H3,(H2,26,32,33). The van der Waals surface area contributed by atoms with E-state index in [1.165, 1.54) is 17.2 Å². The Bertz CT molecular complexity index is 1550. The summed E-state index contributed by atoms with van der Waals surface area (Å²) in [7, 11) is -3.90. The number of hydrogen-bond acceptors (Lipinski definition) is 6. The number of para-hydroxylation sites is 1. The molecule has 174 valence electrons. The minimum Gasteiger partial charge on any atom is -0.377 e. The number of anilines is 2. The maximum absolute atomic E-state index is 13.1. The van der Waals surface area contributed by atoms with Crippen molar-refractivity contribution in [3.05, 3.63) is 99.5 Å². The molecule has 2 aromatic heterocycles. The number of pyridine rings is 1. The Morgan fingerprint density at radius 2 is 1.68 bits per heavy atom.